The Labute approximate surface area is 176 Å². The Kier molecular flexibility index (Phi) is 6.44. The fraction of sp³-hybridized carbons (Fsp3) is 0.409. The van der Waals surface area contributed by atoms with E-state index in [1.807, 2.05) is 65.0 Å². The first-order valence-electron chi connectivity index (χ1n) is 9.93. The molecule has 0 saturated heterocycles. The number of carbonyl (C=O) groups excluding carboxylic acids is 1. The van der Waals surface area contributed by atoms with E-state index in [0.29, 0.717) is 36.2 Å². The van der Waals surface area contributed by atoms with Gasteiger partial charge in [-0.3, -0.25) is 4.68 Å². The number of aryl methyl sites for hydroxylation is 2. The zero-order valence-electron chi connectivity index (χ0n) is 18.1. The maximum absolute atomic E-state index is 11.9. The van der Waals surface area contributed by atoms with Crippen LogP contribution in [0.2, 0.25) is 0 Å². The van der Waals surface area contributed by atoms with Crippen molar-refractivity contribution in [3.63, 3.8) is 0 Å². The number of alkyl carbamates (subject to hydrolysis) is 1. The third-order valence-corrected chi connectivity index (χ3v) is 4.16. The minimum absolute atomic E-state index is 0.168. The van der Waals surface area contributed by atoms with Crippen molar-refractivity contribution >= 4 is 6.09 Å². The number of aromatic nitrogens is 3. The van der Waals surface area contributed by atoms with Crippen LogP contribution in [-0.4, -0.2) is 26.5 Å². The normalized spacial score (nSPS) is 11.4. The molecule has 0 radical (unpaired) electrons. The van der Waals surface area contributed by atoms with Gasteiger partial charge in [0.15, 0.2) is 11.4 Å². The van der Waals surface area contributed by atoms with Crippen molar-refractivity contribution in [1.29, 1.82) is 0 Å². The zero-order chi connectivity index (χ0) is 21.7. The molecule has 0 aliphatic heterocycles. The molecule has 8 heteroatoms. The van der Waals surface area contributed by atoms with E-state index in [9.17, 15) is 4.79 Å². The first-order valence-corrected chi connectivity index (χ1v) is 9.93. The summed E-state index contributed by atoms with van der Waals surface area (Å²) in [5.41, 5.74) is 1.93. The Morgan fingerprint density at radius 1 is 1.23 bits per heavy atom. The van der Waals surface area contributed by atoms with E-state index in [4.69, 9.17) is 13.9 Å². The van der Waals surface area contributed by atoms with Gasteiger partial charge in [0.05, 0.1) is 12.7 Å². The predicted octanol–water partition coefficient (Wildman–Crippen LogP) is 4.47. The van der Waals surface area contributed by atoms with Crippen LogP contribution in [0.3, 0.4) is 0 Å². The molecule has 0 spiro atoms. The largest absolute Gasteiger partial charge is 0.484 e. The van der Waals surface area contributed by atoms with Gasteiger partial charge in [-0.2, -0.15) is 5.10 Å². The van der Waals surface area contributed by atoms with Crippen LogP contribution in [0.25, 0.3) is 11.6 Å². The van der Waals surface area contributed by atoms with Crippen molar-refractivity contribution in [2.75, 3.05) is 0 Å². The highest BCUT2D eigenvalue weighted by atomic mass is 16.6. The topological polar surface area (TPSA) is 91.4 Å². The van der Waals surface area contributed by atoms with Gasteiger partial charge in [0.1, 0.15) is 23.7 Å². The van der Waals surface area contributed by atoms with Crippen LogP contribution in [0.5, 0.6) is 5.75 Å². The molecule has 0 aliphatic carbocycles. The van der Waals surface area contributed by atoms with Gasteiger partial charge in [-0.1, -0.05) is 30.3 Å². The van der Waals surface area contributed by atoms with Crippen molar-refractivity contribution in [1.82, 2.24) is 20.1 Å². The number of carbonyl (C=O) groups is 1. The summed E-state index contributed by atoms with van der Waals surface area (Å²) >= 11 is 0. The minimum atomic E-state index is -0.563. The number of benzene rings is 1. The van der Waals surface area contributed by atoms with Gasteiger partial charge >= 0.3 is 6.09 Å². The molecular weight excluding hydrogens is 384 g/mol. The van der Waals surface area contributed by atoms with Gasteiger partial charge in [-0.05, 0) is 40.2 Å². The Bertz CT molecular complexity index is 986. The molecule has 1 N–H and O–H groups in total. The van der Waals surface area contributed by atoms with Crippen LogP contribution in [0, 0.1) is 6.92 Å². The van der Waals surface area contributed by atoms with Crippen molar-refractivity contribution in [3.8, 4) is 17.3 Å². The van der Waals surface area contributed by atoms with E-state index in [2.05, 4.69) is 15.4 Å². The van der Waals surface area contributed by atoms with E-state index >= 15 is 0 Å². The first kappa shape index (κ1) is 21.4. The smallest absolute Gasteiger partial charge is 0.408 e. The number of amides is 1. The van der Waals surface area contributed by atoms with E-state index in [1.54, 1.807) is 10.9 Å². The van der Waals surface area contributed by atoms with Crippen LogP contribution in [0.4, 0.5) is 4.79 Å². The van der Waals surface area contributed by atoms with Gasteiger partial charge in [-0.15, -0.1) is 0 Å². The van der Waals surface area contributed by atoms with Gasteiger partial charge in [0.2, 0.25) is 5.89 Å². The van der Waals surface area contributed by atoms with Crippen LogP contribution in [0.15, 0.2) is 40.9 Å². The Balaban J connectivity index is 1.76. The highest BCUT2D eigenvalue weighted by molar-refractivity contribution is 5.67. The fourth-order valence-electron chi connectivity index (χ4n) is 2.88. The summed E-state index contributed by atoms with van der Waals surface area (Å²) in [5.74, 6) is 1.53. The molecule has 3 rings (SSSR count). The lowest BCUT2D eigenvalue weighted by Gasteiger charge is -2.19. The standard InChI is InChI=1S/C22H28N4O4/c1-6-26-18(19(15(2)25-26)28-14-16-10-8-7-9-11-16)20-23-12-17(29-20)13-24-21(27)30-22(3,4)5/h7-12H,6,13-14H2,1-5H3,(H,24,27). The number of hydrogen-bond acceptors (Lipinski definition) is 6. The van der Waals surface area contributed by atoms with Crippen LogP contribution >= 0.6 is 0 Å². The zero-order valence-corrected chi connectivity index (χ0v) is 18.1. The third-order valence-electron chi connectivity index (χ3n) is 4.16. The maximum Gasteiger partial charge on any atom is 0.408 e. The molecule has 8 nitrogen and oxygen atoms in total. The van der Waals surface area contributed by atoms with E-state index in [1.165, 1.54) is 0 Å². The monoisotopic (exact) mass is 412 g/mol. The summed E-state index contributed by atoms with van der Waals surface area (Å²) < 4.78 is 19.0. The SMILES string of the molecule is CCn1nc(C)c(OCc2ccccc2)c1-c1ncc(CNC(=O)OC(C)(C)C)o1. The Hall–Kier alpha value is -3.29. The molecule has 2 heterocycles. The molecule has 0 bridgehead atoms. The van der Waals surface area contributed by atoms with Crippen molar-refractivity contribution in [3.05, 3.63) is 53.5 Å². The summed E-state index contributed by atoms with van der Waals surface area (Å²) in [4.78, 5) is 16.2. The summed E-state index contributed by atoms with van der Waals surface area (Å²) in [5, 5.41) is 7.21. The first-order chi connectivity index (χ1) is 14.3. The minimum Gasteiger partial charge on any atom is -0.484 e. The summed E-state index contributed by atoms with van der Waals surface area (Å²) in [6.07, 6.45) is 1.07. The Morgan fingerprint density at radius 3 is 2.63 bits per heavy atom. The lowest BCUT2D eigenvalue weighted by atomic mass is 10.2. The highest BCUT2D eigenvalue weighted by Crippen LogP contribution is 2.33. The average Bonchev–Trinajstić information content (AvgIpc) is 3.28. The average molecular weight is 412 g/mol. The predicted molar refractivity (Wildman–Crippen MR) is 112 cm³/mol. The molecule has 1 amide bonds. The van der Waals surface area contributed by atoms with E-state index in [0.717, 1.165) is 11.3 Å². The van der Waals surface area contributed by atoms with Gasteiger partial charge in [0.25, 0.3) is 0 Å². The molecule has 160 valence electrons. The van der Waals surface area contributed by atoms with Crippen molar-refractivity contribution in [2.24, 2.45) is 0 Å². The third kappa shape index (κ3) is 5.40. The second kappa shape index (κ2) is 9.02. The van der Waals surface area contributed by atoms with Crippen molar-refractivity contribution < 1.29 is 18.7 Å². The number of ether oxygens (including phenoxy) is 2. The van der Waals surface area contributed by atoms with Gasteiger partial charge < -0.3 is 19.2 Å². The van der Waals surface area contributed by atoms with Gasteiger partial charge in [-0.25, -0.2) is 9.78 Å². The van der Waals surface area contributed by atoms with Crippen molar-refractivity contribution in [2.45, 2.75) is 59.9 Å². The molecule has 0 atom stereocenters. The van der Waals surface area contributed by atoms with E-state index in [-0.39, 0.29) is 6.54 Å². The van der Waals surface area contributed by atoms with E-state index < -0.39 is 11.7 Å². The summed E-state index contributed by atoms with van der Waals surface area (Å²) in [6, 6.07) is 9.92. The van der Waals surface area contributed by atoms with Gasteiger partial charge in [0, 0.05) is 6.54 Å². The van der Waals surface area contributed by atoms with Crippen LogP contribution < -0.4 is 10.1 Å². The second-order valence-electron chi connectivity index (χ2n) is 7.84. The number of oxazole rings is 1. The quantitative estimate of drug-likeness (QED) is 0.616. The molecule has 0 saturated carbocycles. The molecule has 3 aromatic rings. The molecule has 30 heavy (non-hydrogen) atoms. The van der Waals surface area contributed by atoms with Crippen LogP contribution in [0.1, 0.15) is 44.7 Å². The fourth-order valence-corrected chi connectivity index (χ4v) is 2.88. The molecule has 2 aromatic heterocycles. The number of nitrogens with zero attached hydrogens (tertiary/aromatic N) is 3. The maximum atomic E-state index is 11.9. The number of rotatable bonds is 7. The van der Waals surface area contributed by atoms with Crippen LogP contribution in [-0.2, 0) is 24.4 Å². The molecule has 0 aliphatic rings. The molecule has 0 fully saturated rings. The lowest BCUT2D eigenvalue weighted by molar-refractivity contribution is 0.0520. The lowest BCUT2D eigenvalue weighted by Crippen LogP contribution is -2.32. The second-order valence-corrected chi connectivity index (χ2v) is 7.84. The molecular formula is C22H28N4O4. The Morgan fingerprint density at radius 2 is 1.97 bits per heavy atom. The molecule has 0 unspecified atom stereocenters. The summed E-state index contributed by atoms with van der Waals surface area (Å²) in [7, 11) is 0. The summed E-state index contributed by atoms with van der Waals surface area (Å²) in [6.45, 7) is 10.5. The number of nitrogens with one attached hydrogen (secondary N) is 1. The molecule has 1 aromatic carbocycles. The number of hydrogen-bond donors (Lipinski definition) is 1. The highest BCUT2D eigenvalue weighted by Gasteiger charge is 2.23.